The molecule has 2 aromatic rings. The van der Waals surface area contributed by atoms with Crippen molar-refractivity contribution in [3.63, 3.8) is 0 Å². The predicted octanol–water partition coefficient (Wildman–Crippen LogP) is 2.83. The lowest BCUT2D eigenvalue weighted by molar-refractivity contribution is -0.141. The van der Waals surface area contributed by atoms with Gasteiger partial charge in [-0.3, -0.25) is 9.78 Å². The van der Waals surface area contributed by atoms with Crippen LogP contribution in [0.5, 0.6) is 0 Å². The van der Waals surface area contributed by atoms with Crippen LogP contribution in [0, 0.1) is 0 Å². The van der Waals surface area contributed by atoms with E-state index in [-0.39, 0.29) is 5.95 Å². The van der Waals surface area contributed by atoms with Crippen LogP contribution in [-0.4, -0.2) is 16.5 Å². The number of hydrogen-bond acceptors (Lipinski definition) is 3. The van der Waals surface area contributed by atoms with Crippen LogP contribution in [0.25, 0.3) is 0 Å². The molecule has 0 aliphatic rings. The lowest BCUT2D eigenvalue weighted by atomic mass is 10.1. The number of aromatic nitrogens is 2. The predicted molar refractivity (Wildman–Crippen MR) is 73.1 cm³/mol. The number of anilines is 1. The molecule has 0 radical (unpaired) electrons. The van der Waals surface area contributed by atoms with Crippen molar-refractivity contribution in [1.82, 2.24) is 9.97 Å². The van der Waals surface area contributed by atoms with E-state index in [1.165, 1.54) is 0 Å². The summed E-state index contributed by atoms with van der Waals surface area (Å²) < 4.78 is 37.5. The first-order valence-corrected chi connectivity index (χ1v) is 6.41. The summed E-state index contributed by atoms with van der Waals surface area (Å²) in [6.45, 7) is 0.416. The van der Waals surface area contributed by atoms with Crippen molar-refractivity contribution in [3.8, 4) is 0 Å². The van der Waals surface area contributed by atoms with E-state index in [9.17, 15) is 18.0 Å². The monoisotopic (exact) mass is 297 g/mol. The molecule has 0 bridgehead atoms. The Morgan fingerprint density at radius 3 is 2.57 bits per heavy atom. The number of H-pyrrole nitrogens is 1. The number of benzene rings is 1. The third-order valence-electron chi connectivity index (χ3n) is 2.81. The van der Waals surface area contributed by atoms with Crippen LogP contribution < -0.4 is 10.9 Å². The van der Waals surface area contributed by atoms with E-state index in [0.717, 1.165) is 12.0 Å². The normalized spacial score (nSPS) is 11.4. The molecule has 0 fully saturated rings. The van der Waals surface area contributed by atoms with Crippen LogP contribution in [0.15, 0.2) is 41.2 Å². The van der Waals surface area contributed by atoms with Crippen molar-refractivity contribution < 1.29 is 13.2 Å². The Bertz CT molecular complexity index is 638. The van der Waals surface area contributed by atoms with Crippen LogP contribution in [0.3, 0.4) is 0 Å². The molecule has 1 aromatic heterocycles. The number of aryl methyl sites for hydroxylation is 1. The topological polar surface area (TPSA) is 57.8 Å². The molecular formula is C14H14F3N3O. The van der Waals surface area contributed by atoms with Gasteiger partial charge in [0, 0.05) is 12.6 Å². The highest BCUT2D eigenvalue weighted by Gasteiger charge is 2.33. The minimum absolute atomic E-state index is 0.164. The molecule has 2 rings (SSSR count). The van der Waals surface area contributed by atoms with E-state index in [4.69, 9.17) is 0 Å². The first-order chi connectivity index (χ1) is 9.95. The van der Waals surface area contributed by atoms with Crippen LogP contribution >= 0.6 is 0 Å². The van der Waals surface area contributed by atoms with Crippen LogP contribution in [0.1, 0.15) is 17.7 Å². The second kappa shape index (κ2) is 6.43. The Morgan fingerprint density at radius 1 is 1.19 bits per heavy atom. The Morgan fingerprint density at radius 2 is 1.90 bits per heavy atom. The van der Waals surface area contributed by atoms with Crippen LogP contribution in [0.2, 0.25) is 0 Å². The average molecular weight is 297 g/mol. The van der Waals surface area contributed by atoms with Crippen molar-refractivity contribution in [2.45, 2.75) is 19.0 Å². The minimum Gasteiger partial charge on any atom is -0.356 e. The summed E-state index contributed by atoms with van der Waals surface area (Å²) >= 11 is 0. The van der Waals surface area contributed by atoms with Crippen LogP contribution in [-0.2, 0) is 12.6 Å². The summed E-state index contributed by atoms with van der Waals surface area (Å²) in [6, 6.07) is 10.2. The summed E-state index contributed by atoms with van der Waals surface area (Å²) in [5.41, 5.74) is -0.885. The fourth-order valence-corrected chi connectivity index (χ4v) is 1.83. The number of halogens is 3. The molecule has 4 nitrogen and oxygen atoms in total. The fraction of sp³-hybridized carbons (Fsp3) is 0.286. The van der Waals surface area contributed by atoms with Gasteiger partial charge in [0.15, 0.2) is 5.69 Å². The lowest BCUT2D eigenvalue weighted by Gasteiger charge is -2.09. The number of alkyl halides is 3. The van der Waals surface area contributed by atoms with Gasteiger partial charge in [0.05, 0.1) is 0 Å². The molecule has 0 aliphatic heterocycles. The van der Waals surface area contributed by atoms with Gasteiger partial charge in [-0.05, 0) is 18.4 Å². The molecular weight excluding hydrogens is 283 g/mol. The molecule has 112 valence electrons. The molecule has 0 amide bonds. The van der Waals surface area contributed by atoms with Crippen molar-refractivity contribution in [1.29, 1.82) is 0 Å². The van der Waals surface area contributed by atoms with Crippen molar-refractivity contribution in [2.75, 3.05) is 11.9 Å². The SMILES string of the molecule is O=c1cc(C(F)(F)F)nc(NCCCc2ccccc2)[nH]1. The highest BCUT2D eigenvalue weighted by Crippen LogP contribution is 2.26. The standard InChI is InChI=1S/C14H14F3N3O/c15-14(16,17)11-9-12(21)20-13(19-11)18-8-4-7-10-5-2-1-3-6-10/h1-3,5-6,9H,4,7-8H2,(H2,18,19,20,21). The first kappa shape index (κ1) is 15.1. The Balaban J connectivity index is 1.91. The average Bonchev–Trinajstić information content (AvgIpc) is 2.43. The molecule has 0 spiro atoms. The quantitative estimate of drug-likeness (QED) is 0.834. The molecule has 7 heteroatoms. The zero-order valence-electron chi connectivity index (χ0n) is 11.1. The van der Waals surface area contributed by atoms with Gasteiger partial charge in [0.2, 0.25) is 5.95 Å². The maximum atomic E-state index is 12.5. The van der Waals surface area contributed by atoms with Gasteiger partial charge >= 0.3 is 6.18 Å². The largest absolute Gasteiger partial charge is 0.433 e. The van der Waals surface area contributed by atoms with E-state index >= 15 is 0 Å². The molecule has 21 heavy (non-hydrogen) atoms. The number of aromatic amines is 1. The first-order valence-electron chi connectivity index (χ1n) is 6.41. The van der Waals surface area contributed by atoms with Gasteiger partial charge in [-0.1, -0.05) is 30.3 Å². The number of rotatable bonds is 5. The number of hydrogen-bond donors (Lipinski definition) is 2. The highest BCUT2D eigenvalue weighted by atomic mass is 19.4. The summed E-state index contributed by atoms with van der Waals surface area (Å²) in [6.07, 6.45) is -3.13. The molecule has 0 aliphatic carbocycles. The fourth-order valence-electron chi connectivity index (χ4n) is 1.83. The van der Waals surface area contributed by atoms with Gasteiger partial charge in [-0.15, -0.1) is 0 Å². The minimum atomic E-state index is -4.63. The number of nitrogens with one attached hydrogen (secondary N) is 2. The van der Waals surface area contributed by atoms with Gasteiger partial charge in [-0.25, -0.2) is 4.98 Å². The van der Waals surface area contributed by atoms with Gasteiger partial charge in [0.25, 0.3) is 5.56 Å². The summed E-state index contributed by atoms with van der Waals surface area (Å²) in [5, 5.41) is 2.70. The van der Waals surface area contributed by atoms with Crippen molar-refractivity contribution in [3.05, 3.63) is 58.0 Å². The summed E-state index contributed by atoms with van der Waals surface area (Å²) in [4.78, 5) is 16.8. The smallest absolute Gasteiger partial charge is 0.356 e. The van der Waals surface area contributed by atoms with E-state index in [1.54, 1.807) is 0 Å². The maximum Gasteiger partial charge on any atom is 0.433 e. The Labute approximate surface area is 119 Å². The zero-order chi connectivity index (χ0) is 15.3. The number of nitrogens with zero attached hydrogens (tertiary/aromatic N) is 1. The molecule has 0 saturated carbocycles. The molecule has 1 aromatic carbocycles. The maximum absolute atomic E-state index is 12.5. The third-order valence-corrected chi connectivity index (χ3v) is 2.81. The van der Waals surface area contributed by atoms with Crippen LogP contribution in [0.4, 0.5) is 19.1 Å². The van der Waals surface area contributed by atoms with Crippen molar-refractivity contribution >= 4 is 5.95 Å². The van der Waals surface area contributed by atoms with E-state index in [0.29, 0.717) is 19.0 Å². The Kier molecular flexibility index (Phi) is 4.62. The molecule has 0 saturated heterocycles. The van der Waals surface area contributed by atoms with Gasteiger partial charge < -0.3 is 5.32 Å². The van der Waals surface area contributed by atoms with E-state index in [1.807, 2.05) is 30.3 Å². The molecule has 2 N–H and O–H groups in total. The molecule has 1 heterocycles. The second-order valence-electron chi connectivity index (χ2n) is 4.49. The highest BCUT2D eigenvalue weighted by molar-refractivity contribution is 5.26. The molecule has 0 atom stereocenters. The third kappa shape index (κ3) is 4.62. The lowest BCUT2D eigenvalue weighted by Crippen LogP contribution is -2.19. The van der Waals surface area contributed by atoms with Gasteiger partial charge in [0.1, 0.15) is 0 Å². The van der Waals surface area contributed by atoms with E-state index in [2.05, 4.69) is 15.3 Å². The summed E-state index contributed by atoms with van der Waals surface area (Å²) in [5.74, 6) is -0.164. The van der Waals surface area contributed by atoms with E-state index < -0.39 is 17.4 Å². The molecule has 0 unspecified atom stereocenters. The zero-order valence-corrected chi connectivity index (χ0v) is 11.1. The van der Waals surface area contributed by atoms with Crippen molar-refractivity contribution in [2.24, 2.45) is 0 Å². The summed E-state index contributed by atoms with van der Waals surface area (Å²) in [7, 11) is 0. The van der Waals surface area contributed by atoms with Gasteiger partial charge in [-0.2, -0.15) is 13.2 Å². The second-order valence-corrected chi connectivity index (χ2v) is 4.49. The Hall–Kier alpha value is -2.31.